The van der Waals surface area contributed by atoms with Crippen LogP contribution in [0.5, 0.6) is 0 Å². The second kappa shape index (κ2) is 4.66. The minimum absolute atomic E-state index is 0.0434. The van der Waals surface area contributed by atoms with E-state index < -0.39 is 5.41 Å². The molecule has 0 aromatic carbocycles. The first-order valence-electron chi connectivity index (χ1n) is 4.80. The minimum Gasteiger partial charge on any atom is -0.351 e. The van der Waals surface area contributed by atoms with Crippen LogP contribution < -0.4 is 5.32 Å². The first kappa shape index (κ1) is 12.0. The molecular formula is C10H16ClN3O. The number of carbonyl (C=O) groups is 1. The van der Waals surface area contributed by atoms with Crippen LogP contribution in [0.1, 0.15) is 25.1 Å². The molecule has 0 aliphatic heterocycles. The third kappa shape index (κ3) is 2.96. The highest BCUT2D eigenvalue weighted by atomic mass is 35.5. The zero-order chi connectivity index (χ0) is 11.5. The van der Waals surface area contributed by atoms with E-state index in [1.54, 1.807) is 6.20 Å². The standard InChI is InChI=1S/C10H16ClN3O/c1-7-8(5-13-14-7)4-12-9(15)10(2,3)6-11/h5H,4,6H2,1-3H3,(H,12,15)(H,13,14). The maximum atomic E-state index is 11.7. The van der Waals surface area contributed by atoms with Crippen LogP contribution in [0.2, 0.25) is 0 Å². The summed E-state index contributed by atoms with van der Waals surface area (Å²) in [6, 6.07) is 0. The molecule has 15 heavy (non-hydrogen) atoms. The number of amides is 1. The summed E-state index contributed by atoms with van der Waals surface area (Å²) in [4.78, 5) is 11.7. The molecule has 0 saturated carbocycles. The second-order valence-electron chi connectivity index (χ2n) is 4.22. The van der Waals surface area contributed by atoms with Gasteiger partial charge in [0, 0.05) is 23.7 Å². The number of halogens is 1. The number of aromatic nitrogens is 2. The number of aromatic amines is 1. The molecule has 0 spiro atoms. The number of hydrogen-bond donors (Lipinski definition) is 2. The van der Waals surface area contributed by atoms with Crippen molar-refractivity contribution in [3.8, 4) is 0 Å². The van der Waals surface area contributed by atoms with Gasteiger partial charge in [0.1, 0.15) is 0 Å². The number of aryl methyl sites for hydroxylation is 1. The predicted octanol–water partition coefficient (Wildman–Crippen LogP) is 1.60. The predicted molar refractivity (Wildman–Crippen MR) is 59.7 cm³/mol. The lowest BCUT2D eigenvalue weighted by Gasteiger charge is -2.20. The molecule has 2 N–H and O–H groups in total. The van der Waals surface area contributed by atoms with Crippen LogP contribution in [0.3, 0.4) is 0 Å². The maximum absolute atomic E-state index is 11.7. The lowest BCUT2D eigenvalue weighted by Crippen LogP contribution is -2.37. The number of carbonyl (C=O) groups excluding carboxylic acids is 1. The van der Waals surface area contributed by atoms with E-state index in [0.717, 1.165) is 11.3 Å². The molecule has 0 bridgehead atoms. The van der Waals surface area contributed by atoms with Gasteiger partial charge in [0.15, 0.2) is 0 Å². The lowest BCUT2D eigenvalue weighted by atomic mass is 9.95. The van der Waals surface area contributed by atoms with Gasteiger partial charge >= 0.3 is 0 Å². The minimum atomic E-state index is -0.529. The summed E-state index contributed by atoms with van der Waals surface area (Å²) >= 11 is 5.70. The summed E-state index contributed by atoms with van der Waals surface area (Å²) in [7, 11) is 0. The van der Waals surface area contributed by atoms with E-state index in [9.17, 15) is 4.79 Å². The molecule has 0 unspecified atom stereocenters. The number of alkyl halides is 1. The zero-order valence-electron chi connectivity index (χ0n) is 9.22. The molecule has 1 amide bonds. The van der Waals surface area contributed by atoms with Crippen LogP contribution in [-0.4, -0.2) is 22.0 Å². The first-order chi connectivity index (χ1) is 6.97. The molecule has 0 aliphatic carbocycles. The van der Waals surface area contributed by atoms with E-state index in [0.29, 0.717) is 12.4 Å². The molecule has 1 aromatic heterocycles. The van der Waals surface area contributed by atoms with Crippen molar-refractivity contribution in [2.45, 2.75) is 27.3 Å². The SMILES string of the molecule is Cc1[nH]ncc1CNC(=O)C(C)(C)CCl. The van der Waals surface area contributed by atoms with Gasteiger partial charge in [-0.25, -0.2) is 0 Å². The molecule has 84 valence electrons. The van der Waals surface area contributed by atoms with E-state index in [4.69, 9.17) is 11.6 Å². The summed E-state index contributed by atoms with van der Waals surface area (Å²) in [6.45, 7) is 6.04. The summed E-state index contributed by atoms with van der Waals surface area (Å²) < 4.78 is 0. The number of nitrogens with zero attached hydrogens (tertiary/aromatic N) is 1. The molecule has 0 atom stereocenters. The van der Waals surface area contributed by atoms with Gasteiger partial charge in [-0.2, -0.15) is 5.10 Å². The molecule has 0 saturated heterocycles. The maximum Gasteiger partial charge on any atom is 0.227 e. The largest absolute Gasteiger partial charge is 0.351 e. The Morgan fingerprint density at radius 1 is 1.67 bits per heavy atom. The second-order valence-corrected chi connectivity index (χ2v) is 4.49. The summed E-state index contributed by atoms with van der Waals surface area (Å²) in [5.41, 5.74) is 1.44. The van der Waals surface area contributed by atoms with Gasteiger partial charge in [-0.3, -0.25) is 9.89 Å². The van der Waals surface area contributed by atoms with Crippen molar-refractivity contribution in [3.63, 3.8) is 0 Å². The quantitative estimate of drug-likeness (QED) is 0.771. The number of nitrogens with one attached hydrogen (secondary N) is 2. The number of rotatable bonds is 4. The van der Waals surface area contributed by atoms with Crippen LogP contribution in [-0.2, 0) is 11.3 Å². The van der Waals surface area contributed by atoms with Crippen molar-refractivity contribution in [3.05, 3.63) is 17.5 Å². The highest BCUT2D eigenvalue weighted by molar-refractivity contribution is 6.19. The van der Waals surface area contributed by atoms with E-state index in [1.807, 2.05) is 20.8 Å². The average Bonchev–Trinajstić information content (AvgIpc) is 2.60. The summed E-state index contributed by atoms with van der Waals surface area (Å²) in [6.07, 6.45) is 1.71. The Hall–Kier alpha value is -1.03. The van der Waals surface area contributed by atoms with Crippen LogP contribution in [0, 0.1) is 12.3 Å². The summed E-state index contributed by atoms with van der Waals surface area (Å²) in [5, 5.41) is 9.53. The fourth-order valence-corrected chi connectivity index (χ4v) is 1.15. The van der Waals surface area contributed by atoms with Gasteiger partial charge in [0.05, 0.1) is 11.6 Å². The van der Waals surface area contributed by atoms with Gasteiger partial charge in [-0.1, -0.05) is 0 Å². The molecular weight excluding hydrogens is 214 g/mol. The topological polar surface area (TPSA) is 57.8 Å². The highest BCUT2D eigenvalue weighted by Gasteiger charge is 2.26. The lowest BCUT2D eigenvalue weighted by molar-refractivity contribution is -0.128. The van der Waals surface area contributed by atoms with Gasteiger partial charge in [0.2, 0.25) is 5.91 Å². The third-order valence-corrected chi connectivity index (χ3v) is 2.99. The Balaban J connectivity index is 2.52. The zero-order valence-corrected chi connectivity index (χ0v) is 9.98. The van der Waals surface area contributed by atoms with Gasteiger partial charge < -0.3 is 5.32 Å². The molecule has 1 rings (SSSR count). The molecule has 0 fully saturated rings. The normalized spacial score (nSPS) is 11.5. The Labute approximate surface area is 94.4 Å². The fraction of sp³-hybridized carbons (Fsp3) is 0.600. The molecule has 0 aliphatic rings. The summed E-state index contributed by atoms with van der Waals surface area (Å²) in [5.74, 6) is 0.265. The van der Waals surface area contributed by atoms with Crippen molar-refractivity contribution in [2.24, 2.45) is 5.41 Å². The Kier molecular flexibility index (Phi) is 3.74. The Morgan fingerprint density at radius 2 is 2.33 bits per heavy atom. The van der Waals surface area contributed by atoms with Crippen LogP contribution in [0.25, 0.3) is 0 Å². The fourth-order valence-electron chi connectivity index (χ4n) is 1.03. The first-order valence-corrected chi connectivity index (χ1v) is 5.34. The van der Waals surface area contributed by atoms with Crippen molar-refractivity contribution in [2.75, 3.05) is 5.88 Å². The van der Waals surface area contributed by atoms with Crippen molar-refractivity contribution >= 4 is 17.5 Å². The highest BCUT2D eigenvalue weighted by Crippen LogP contribution is 2.17. The molecule has 0 radical (unpaired) electrons. The molecule has 1 aromatic rings. The average molecular weight is 230 g/mol. The van der Waals surface area contributed by atoms with Crippen molar-refractivity contribution in [1.29, 1.82) is 0 Å². The van der Waals surface area contributed by atoms with Crippen molar-refractivity contribution in [1.82, 2.24) is 15.5 Å². The monoisotopic (exact) mass is 229 g/mol. The van der Waals surface area contributed by atoms with Crippen LogP contribution >= 0.6 is 11.6 Å². The van der Waals surface area contributed by atoms with E-state index in [1.165, 1.54) is 0 Å². The number of H-pyrrole nitrogens is 1. The molecule has 5 heteroatoms. The third-order valence-electron chi connectivity index (χ3n) is 2.32. The van der Waals surface area contributed by atoms with Gasteiger partial charge in [-0.15, -0.1) is 11.6 Å². The molecule has 1 heterocycles. The van der Waals surface area contributed by atoms with Crippen molar-refractivity contribution < 1.29 is 4.79 Å². The smallest absolute Gasteiger partial charge is 0.227 e. The molecule has 4 nitrogen and oxygen atoms in total. The number of hydrogen-bond acceptors (Lipinski definition) is 2. The van der Waals surface area contributed by atoms with E-state index in [-0.39, 0.29) is 5.91 Å². The Morgan fingerprint density at radius 3 is 2.80 bits per heavy atom. The van der Waals surface area contributed by atoms with Crippen LogP contribution in [0.4, 0.5) is 0 Å². The van der Waals surface area contributed by atoms with Gasteiger partial charge in [0.25, 0.3) is 0 Å². The van der Waals surface area contributed by atoms with E-state index >= 15 is 0 Å². The Bertz CT molecular complexity index is 346. The van der Waals surface area contributed by atoms with E-state index in [2.05, 4.69) is 15.5 Å². The van der Waals surface area contributed by atoms with Gasteiger partial charge in [-0.05, 0) is 20.8 Å². The van der Waals surface area contributed by atoms with Crippen LogP contribution in [0.15, 0.2) is 6.20 Å².